The average molecular weight is 216 g/mol. The van der Waals surface area contributed by atoms with Crippen LogP contribution < -0.4 is 0 Å². The number of allylic oxidation sites excluding steroid dienone is 2. The van der Waals surface area contributed by atoms with E-state index in [1.54, 1.807) is 0 Å². The number of hydrogen-bond acceptors (Lipinski definition) is 1. The molecule has 0 amide bonds. The molecule has 0 saturated heterocycles. The van der Waals surface area contributed by atoms with Crippen molar-refractivity contribution in [3.8, 4) is 5.75 Å². The number of hydrogen-bond donors (Lipinski definition) is 1. The minimum Gasteiger partial charge on any atom is -0.507 e. The third-order valence-corrected chi connectivity index (χ3v) is 2.78. The van der Waals surface area contributed by atoms with Gasteiger partial charge in [-0.1, -0.05) is 24.3 Å². The Morgan fingerprint density at radius 2 is 1.88 bits per heavy atom. The average Bonchev–Trinajstić information content (AvgIpc) is 2.19. The Balaban J connectivity index is 3.32. The summed E-state index contributed by atoms with van der Waals surface area (Å²) in [5.74, 6) is 0.417. The summed E-state index contributed by atoms with van der Waals surface area (Å²) in [5.41, 5.74) is 5.30. The number of aryl methyl sites for hydroxylation is 2. The van der Waals surface area contributed by atoms with Crippen LogP contribution in [-0.2, 0) is 12.8 Å². The maximum absolute atomic E-state index is 10.2. The fraction of sp³-hybridized carbons (Fsp3) is 0.333. The molecule has 0 saturated carbocycles. The fourth-order valence-electron chi connectivity index (χ4n) is 1.98. The summed E-state index contributed by atoms with van der Waals surface area (Å²) in [5, 5.41) is 10.2. The normalized spacial score (nSPS) is 10.2. The first-order chi connectivity index (χ1) is 7.47. The Morgan fingerprint density at radius 1 is 1.31 bits per heavy atom. The van der Waals surface area contributed by atoms with Gasteiger partial charge in [0.2, 0.25) is 0 Å². The van der Waals surface area contributed by atoms with E-state index >= 15 is 0 Å². The van der Waals surface area contributed by atoms with Gasteiger partial charge in [-0.05, 0) is 44.7 Å². The van der Waals surface area contributed by atoms with Crippen LogP contribution in [0.1, 0.15) is 29.2 Å². The summed E-state index contributed by atoms with van der Waals surface area (Å²) >= 11 is 0. The summed E-state index contributed by atoms with van der Waals surface area (Å²) in [6.45, 7) is 13.7. The first-order valence-corrected chi connectivity index (χ1v) is 5.53. The molecule has 0 unspecified atom stereocenters. The van der Waals surface area contributed by atoms with Crippen molar-refractivity contribution >= 4 is 0 Å². The van der Waals surface area contributed by atoms with Crippen molar-refractivity contribution < 1.29 is 5.11 Å². The number of rotatable bonds is 4. The number of phenols is 1. The van der Waals surface area contributed by atoms with Crippen LogP contribution in [0.2, 0.25) is 0 Å². The van der Waals surface area contributed by atoms with Crippen molar-refractivity contribution in [3.05, 3.63) is 53.1 Å². The summed E-state index contributed by atoms with van der Waals surface area (Å²) < 4.78 is 0. The lowest BCUT2D eigenvalue weighted by molar-refractivity contribution is 0.462. The van der Waals surface area contributed by atoms with Crippen LogP contribution in [0.3, 0.4) is 0 Å². The third-order valence-electron chi connectivity index (χ3n) is 2.78. The SMILES string of the molecule is C=CCc1c(C)cc(C)c(CC(=C)C)c1O. The van der Waals surface area contributed by atoms with Crippen LogP contribution in [0.25, 0.3) is 0 Å². The highest BCUT2D eigenvalue weighted by molar-refractivity contribution is 5.51. The number of aromatic hydroxyl groups is 1. The quantitative estimate of drug-likeness (QED) is 0.758. The second-order valence-corrected chi connectivity index (χ2v) is 4.44. The van der Waals surface area contributed by atoms with Gasteiger partial charge in [0, 0.05) is 11.1 Å². The lowest BCUT2D eigenvalue weighted by atomic mass is 9.93. The second kappa shape index (κ2) is 5.02. The lowest BCUT2D eigenvalue weighted by Crippen LogP contribution is -1.98. The standard InChI is InChI=1S/C15H20O/c1-6-7-13-11(4)9-12(5)14(15(13)16)8-10(2)3/h6,9,16H,1-2,7-8H2,3-5H3. The van der Waals surface area contributed by atoms with E-state index < -0.39 is 0 Å². The molecule has 0 aliphatic carbocycles. The molecule has 0 radical (unpaired) electrons. The zero-order valence-electron chi connectivity index (χ0n) is 10.4. The van der Waals surface area contributed by atoms with Crippen LogP contribution in [0.15, 0.2) is 30.9 Å². The van der Waals surface area contributed by atoms with E-state index in [0.29, 0.717) is 12.2 Å². The van der Waals surface area contributed by atoms with Crippen LogP contribution in [0.4, 0.5) is 0 Å². The van der Waals surface area contributed by atoms with Crippen molar-refractivity contribution in [2.75, 3.05) is 0 Å². The molecule has 0 aromatic heterocycles. The molecule has 0 atom stereocenters. The maximum Gasteiger partial charge on any atom is 0.123 e. The smallest absolute Gasteiger partial charge is 0.123 e. The van der Waals surface area contributed by atoms with E-state index in [9.17, 15) is 5.11 Å². The topological polar surface area (TPSA) is 20.2 Å². The molecule has 0 aliphatic rings. The molecule has 0 fully saturated rings. The van der Waals surface area contributed by atoms with Gasteiger partial charge < -0.3 is 5.11 Å². The molecule has 86 valence electrons. The van der Waals surface area contributed by atoms with E-state index in [-0.39, 0.29) is 0 Å². The van der Waals surface area contributed by atoms with Crippen LogP contribution in [0.5, 0.6) is 5.75 Å². The summed E-state index contributed by atoms with van der Waals surface area (Å²) in [4.78, 5) is 0. The predicted octanol–water partition coefficient (Wildman–Crippen LogP) is 3.86. The van der Waals surface area contributed by atoms with Crippen molar-refractivity contribution in [2.45, 2.75) is 33.6 Å². The van der Waals surface area contributed by atoms with Gasteiger partial charge >= 0.3 is 0 Å². The molecule has 1 heteroatoms. The highest BCUT2D eigenvalue weighted by Gasteiger charge is 2.12. The largest absolute Gasteiger partial charge is 0.507 e. The van der Waals surface area contributed by atoms with Gasteiger partial charge in [0.15, 0.2) is 0 Å². The Hall–Kier alpha value is -1.50. The van der Waals surface area contributed by atoms with Crippen LogP contribution in [-0.4, -0.2) is 5.11 Å². The molecule has 1 N–H and O–H groups in total. The van der Waals surface area contributed by atoms with Crippen molar-refractivity contribution in [1.29, 1.82) is 0 Å². The van der Waals surface area contributed by atoms with Crippen molar-refractivity contribution in [2.24, 2.45) is 0 Å². The van der Waals surface area contributed by atoms with Crippen LogP contribution in [0, 0.1) is 13.8 Å². The van der Waals surface area contributed by atoms with Gasteiger partial charge in [-0.3, -0.25) is 0 Å². The Morgan fingerprint density at radius 3 is 2.38 bits per heavy atom. The molecule has 0 aliphatic heterocycles. The molecule has 0 bridgehead atoms. The van der Waals surface area contributed by atoms with Crippen molar-refractivity contribution in [3.63, 3.8) is 0 Å². The maximum atomic E-state index is 10.2. The Labute approximate surface area is 98.1 Å². The van der Waals surface area contributed by atoms with Gasteiger partial charge in [-0.25, -0.2) is 0 Å². The molecule has 1 aromatic rings. The van der Waals surface area contributed by atoms with Gasteiger partial charge in [0.25, 0.3) is 0 Å². The number of phenolic OH excluding ortho intramolecular Hbond substituents is 1. The first-order valence-electron chi connectivity index (χ1n) is 5.53. The second-order valence-electron chi connectivity index (χ2n) is 4.44. The van der Waals surface area contributed by atoms with Gasteiger partial charge in [-0.15, -0.1) is 6.58 Å². The van der Waals surface area contributed by atoms with E-state index in [2.05, 4.69) is 19.2 Å². The minimum absolute atomic E-state index is 0.417. The predicted molar refractivity (Wildman–Crippen MR) is 70.0 cm³/mol. The highest BCUT2D eigenvalue weighted by atomic mass is 16.3. The highest BCUT2D eigenvalue weighted by Crippen LogP contribution is 2.31. The number of benzene rings is 1. The van der Waals surface area contributed by atoms with Crippen molar-refractivity contribution in [1.82, 2.24) is 0 Å². The molecule has 16 heavy (non-hydrogen) atoms. The fourth-order valence-corrected chi connectivity index (χ4v) is 1.98. The summed E-state index contributed by atoms with van der Waals surface area (Å²) in [7, 11) is 0. The molecular formula is C15H20O. The summed E-state index contributed by atoms with van der Waals surface area (Å²) in [6, 6.07) is 2.12. The molecular weight excluding hydrogens is 196 g/mol. The van der Waals surface area contributed by atoms with E-state index in [4.69, 9.17) is 0 Å². The van der Waals surface area contributed by atoms with E-state index in [1.165, 1.54) is 0 Å². The van der Waals surface area contributed by atoms with Gasteiger partial charge in [0.1, 0.15) is 5.75 Å². The molecule has 1 aromatic carbocycles. The third kappa shape index (κ3) is 2.54. The zero-order chi connectivity index (χ0) is 12.3. The Kier molecular flexibility index (Phi) is 3.94. The van der Waals surface area contributed by atoms with E-state index in [1.807, 2.05) is 26.8 Å². The molecule has 1 rings (SSSR count). The molecule has 1 nitrogen and oxygen atoms in total. The lowest BCUT2D eigenvalue weighted by Gasteiger charge is -2.15. The molecule has 0 spiro atoms. The van der Waals surface area contributed by atoms with Crippen LogP contribution >= 0.6 is 0 Å². The first kappa shape index (κ1) is 12.6. The van der Waals surface area contributed by atoms with Gasteiger partial charge in [0.05, 0.1) is 0 Å². The molecule has 0 heterocycles. The minimum atomic E-state index is 0.417. The zero-order valence-corrected chi connectivity index (χ0v) is 10.4. The van der Waals surface area contributed by atoms with E-state index in [0.717, 1.165) is 34.2 Å². The Bertz CT molecular complexity index is 428. The monoisotopic (exact) mass is 216 g/mol. The summed E-state index contributed by atoms with van der Waals surface area (Å²) in [6.07, 6.45) is 3.27. The van der Waals surface area contributed by atoms with Gasteiger partial charge in [-0.2, -0.15) is 0 Å².